The van der Waals surface area contributed by atoms with E-state index in [1.54, 1.807) is 42.5 Å². The number of benzene rings is 3. The van der Waals surface area contributed by atoms with Crippen molar-refractivity contribution in [2.45, 2.75) is 25.8 Å². The summed E-state index contributed by atoms with van der Waals surface area (Å²) in [6, 6.07) is 19.0. The van der Waals surface area contributed by atoms with Crippen LogP contribution in [0.15, 0.2) is 76.8 Å². The van der Waals surface area contributed by atoms with Gasteiger partial charge in [-0.2, -0.15) is 0 Å². The van der Waals surface area contributed by atoms with Crippen LogP contribution in [0.3, 0.4) is 0 Å². The number of fused-ring (bicyclic) bond motifs is 1. The predicted octanol–water partition coefficient (Wildman–Crippen LogP) is 5.93. The van der Waals surface area contributed by atoms with Crippen molar-refractivity contribution < 1.29 is 24.2 Å². The maximum absolute atomic E-state index is 13.3. The standard InChI is InChI=1S/C27H22BrNO5/c1-15(2)16-3-5-17(6-4-16)24-23(25(30)18-7-9-19(28)10-8-18)26(31)27(32)29(24)20-11-12-21-22(13-20)34-14-33-21/h3-13,15,24,30H,14H2,1-2H3/b25-23+. The van der Waals surface area contributed by atoms with Gasteiger partial charge in [0.2, 0.25) is 6.79 Å². The third-order valence-electron chi connectivity index (χ3n) is 6.12. The van der Waals surface area contributed by atoms with Gasteiger partial charge in [0, 0.05) is 21.8 Å². The van der Waals surface area contributed by atoms with E-state index in [1.165, 1.54) is 4.90 Å². The number of carbonyl (C=O) groups excluding carboxylic acids is 2. The van der Waals surface area contributed by atoms with Gasteiger partial charge in [0.15, 0.2) is 11.5 Å². The van der Waals surface area contributed by atoms with Crippen LogP contribution in [0.2, 0.25) is 0 Å². The van der Waals surface area contributed by atoms with Gasteiger partial charge in [0.05, 0.1) is 11.6 Å². The highest BCUT2D eigenvalue weighted by Crippen LogP contribution is 2.45. The Hall–Kier alpha value is -3.58. The molecule has 1 N–H and O–H groups in total. The summed E-state index contributed by atoms with van der Waals surface area (Å²) < 4.78 is 11.7. The number of ether oxygens (including phenoxy) is 2. The average Bonchev–Trinajstić information content (AvgIpc) is 3.41. The van der Waals surface area contributed by atoms with Crippen LogP contribution in [0.4, 0.5) is 5.69 Å². The lowest BCUT2D eigenvalue weighted by Gasteiger charge is -2.26. The lowest BCUT2D eigenvalue weighted by molar-refractivity contribution is -0.132. The molecule has 0 aromatic heterocycles. The Balaban J connectivity index is 1.69. The molecule has 2 aliphatic rings. The second kappa shape index (κ2) is 8.65. The number of aliphatic hydroxyl groups is 1. The van der Waals surface area contributed by atoms with Crippen molar-refractivity contribution in [3.05, 3.63) is 93.5 Å². The van der Waals surface area contributed by atoms with Gasteiger partial charge in [-0.25, -0.2) is 0 Å². The van der Waals surface area contributed by atoms with Crippen LogP contribution in [-0.4, -0.2) is 23.6 Å². The molecule has 3 aromatic carbocycles. The number of hydrogen-bond donors (Lipinski definition) is 1. The van der Waals surface area contributed by atoms with Gasteiger partial charge in [0.25, 0.3) is 11.7 Å². The number of halogens is 1. The zero-order chi connectivity index (χ0) is 24.0. The van der Waals surface area contributed by atoms with Crippen LogP contribution in [0.5, 0.6) is 11.5 Å². The van der Waals surface area contributed by atoms with E-state index in [9.17, 15) is 14.7 Å². The van der Waals surface area contributed by atoms with E-state index in [2.05, 4.69) is 29.8 Å². The number of aliphatic hydroxyl groups excluding tert-OH is 1. The molecule has 7 heteroatoms. The number of anilines is 1. The maximum Gasteiger partial charge on any atom is 0.300 e. The highest BCUT2D eigenvalue weighted by atomic mass is 79.9. The predicted molar refractivity (Wildman–Crippen MR) is 132 cm³/mol. The van der Waals surface area contributed by atoms with Crippen LogP contribution in [0.25, 0.3) is 5.76 Å². The van der Waals surface area contributed by atoms with Crippen molar-refractivity contribution in [3.8, 4) is 11.5 Å². The lowest BCUT2D eigenvalue weighted by Crippen LogP contribution is -2.29. The molecule has 34 heavy (non-hydrogen) atoms. The molecule has 1 fully saturated rings. The lowest BCUT2D eigenvalue weighted by atomic mass is 9.93. The number of Topliss-reactive ketones (excluding diaryl/α,β-unsaturated/α-hetero) is 1. The molecule has 0 bridgehead atoms. The molecule has 1 unspecified atom stereocenters. The van der Waals surface area contributed by atoms with E-state index in [0.717, 1.165) is 15.6 Å². The van der Waals surface area contributed by atoms with E-state index in [1.807, 2.05) is 24.3 Å². The number of hydrogen-bond acceptors (Lipinski definition) is 5. The van der Waals surface area contributed by atoms with Crippen LogP contribution < -0.4 is 14.4 Å². The number of rotatable bonds is 4. The Morgan fingerprint density at radius 1 is 0.971 bits per heavy atom. The van der Waals surface area contributed by atoms with Crippen LogP contribution in [0.1, 0.15) is 42.5 Å². The SMILES string of the molecule is CC(C)c1ccc(C2/C(=C(\O)c3ccc(Br)cc3)C(=O)C(=O)N2c2ccc3c(c2)OCO3)cc1. The molecule has 1 amide bonds. The van der Waals surface area contributed by atoms with Gasteiger partial charge in [-0.15, -0.1) is 0 Å². The van der Waals surface area contributed by atoms with Crippen molar-refractivity contribution in [2.75, 3.05) is 11.7 Å². The van der Waals surface area contributed by atoms with Crippen molar-refractivity contribution in [3.63, 3.8) is 0 Å². The molecule has 0 radical (unpaired) electrons. The third-order valence-corrected chi connectivity index (χ3v) is 6.64. The Kier molecular flexibility index (Phi) is 5.65. The molecule has 1 saturated heterocycles. The van der Waals surface area contributed by atoms with Crippen LogP contribution in [0, 0.1) is 0 Å². The first-order valence-corrected chi connectivity index (χ1v) is 11.7. The Morgan fingerprint density at radius 3 is 2.32 bits per heavy atom. The molecule has 0 saturated carbocycles. The van der Waals surface area contributed by atoms with Crippen molar-refractivity contribution >= 4 is 39.1 Å². The van der Waals surface area contributed by atoms with Crippen molar-refractivity contribution in [1.29, 1.82) is 0 Å². The van der Waals surface area contributed by atoms with Gasteiger partial charge >= 0.3 is 0 Å². The van der Waals surface area contributed by atoms with E-state index >= 15 is 0 Å². The van der Waals surface area contributed by atoms with Gasteiger partial charge in [-0.1, -0.05) is 66.2 Å². The largest absolute Gasteiger partial charge is 0.507 e. The number of carbonyl (C=O) groups is 2. The number of amides is 1. The molecule has 0 spiro atoms. The molecule has 3 aromatic rings. The monoisotopic (exact) mass is 519 g/mol. The molecule has 6 nitrogen and oxygen atoms in total. The molecule has 172 valence electrons. The van der Waals surface area contributed by atoms with Crippen LogP contribution in [-0.2, 0) is 9.59 Å². The molecule has 0 aliphatic carbocycles. The summed E-state index contributed by atoms with van der Waals surface area (Å²) in [7, 11) is 0. The van der Waals surface area contributed by atoms with E-state index < -0.39 is 17.7 Å². The Bertz CT molecular complexity index is 1310. The number of ketones is 1. The summed E-state index contributed by atoms with van der Waals surface area (Å²) in [5.41, 5.74) is 2.84. The van der Waals surface area contributed by atoms with E-state index in [0.29, 0.717) is 28.7 Å². The Morgan fingerprint density at radius 2 is 1.65 bits per heavy atom. The fourth-order valence-electron chi connectivity index (χ4n) is 4.28. The normalized spacial score (nSPS) is 18.7. The first-order chi connectivity index (χ1) is 16.3. The maximum atomic E-state index is 13.3. The molecule has 2 heterocycles. The second-order valence-corrected chi connectivity index (χ2v) is 9.45. The van der Waals surface area contributed by atoms with Crippen molar-refractivity contribution in [1.82, 2.24) is 0 Å². The van der Waals surface area contributed by atoms with Gasteiger partial charge in [-0.05, 0) is 41.3 Å². The molecule has 1 atom stereocenters. The molecular formula is C27H22BrNO5. The van der Waals surface area contributed by atoms with Gasteiger partial charge in [-0.3, -0.25) is 14.5 Å². The molecule has 5 rings (SSSR count). The summed E-state index contributed by atoms with van der Waals surface area (Å²) in [5.74, 6) is -0.259. The smallest absolute Gasteiger partial charge is 0.300 e. The van der Waals surface area contributed by atoms with Gasteiger partial charge in [0.1, 0.15) is 5.76 Å². The average molecular weight is 520 g/mol. The van der Waals surface area contributed by atoms with Crippen LogP contribution >= 0.6 is 15.9 Å². The summed E-state index contributed by atoms with van der Waals surface area (Å²) in [4.78, 5) is 28.0. The molecular weight excluding hydrogens is 498 g/mol. The quantitative estimate of drug-likeness (QED) is 0.262. The minimum absolute atomic E-state index is 0.0438. The fraction of sp³-hybridized carbons (Fsp3) is 0.185. The zero-order valence-corrected chi connectivity index (χ0v) is 20.2. The Labute approximate surface area is 205 Å². The van der Waals surface area contributed by atoms with E-state index in [-0.39, 0.29) is 18.1 Å². The third kappa shape index (κ3) is 3.76. The summed E-state index contributed by atoms with van der Waals surface area (Å²) in [6.45, 7) is 4.30. The van der Waals surface area contributed by atoms with Crippen molar-refractivity contribution in [2.24, 2.45) is 0 Å². The minimum atomic E-state index is -0.801. The number of nitrogens with zero attached hydrogens (tertiary/aromatic N) is 1. The highest BCUT2D eigenvalue weighted by Gasteiger charge is 2.47. The first-order valence-electron chi connectivity index (χ1n) is 10.9. The van der Waals surface area contributed by atoms with E-state index in [4.69, 9.17) is 9.47 Å². The molecule has 2 aliphatic heterocycles. The minimum Gasteiger partial charge on any atom is -0.507 e. The first kappa shape index (κ1) is 22.2. The summed E-state index contributed by atoms with van der Waals surface area (Å²) >= 11 is 3.38. The highest BCUT2D eigenvalue weighted by molar-refractivity contribution is 9.10. The van der Waals surface area contributed by atoms with Gasteiger partial charge < -0.3 is 14.6 Å². The second-order valence-electron chi connectivity index (χ2n) is 8.53. The fourth-order valence-corrected chi connectivity index (χ4v) is 4.54. The zero-order valence-electron chi connectivity index (χ0n) is 18.6. The summed E-state index contributed by atoms with van der Waals surface area (Å²) in [5, 5.41) is 11.2. The summed E-state index contributed by atoms with van der Waals surface area (Å²) in [6.07, 6.45) is 0. The topological polar surface area (TPSA) is 76.1 Å².